The summed E-state index contributed by atoms with van der Waals surface area (Å²) in [5.41, 5.74) is 3.91. The van der Waals surface area contributed by atoms with Gasteiger partial charge < -0.3 is 9.52 Å². The van der Waals surface area contributed by atoms with Crippen LogP contribution >= 0.6 is 15.9 Å². The van der Waals surface area contributed by atoms with E-state index in [0.717, 1.165) is 26.6 Å². The smallest absolute Gasteiger partial charge is 0.138 e. The summed E-state index contributed by atoms with van der Waals surface area (Å²) >= 11 is 3.47. The number of aryl methyl sites for hydroxylation is 2. The lowest BCUT2D eigenvalue weighted by Gasteiger charge is -2.09. The summed E-state index contributed by atoms with van der Waals surface area (Å²) in [6, 6.07) is 13.7. The van der Waals surface area contributed by atoms with Gasteiger partial charge in [0.25, 0.3) is 0 Å². The van der Waals surface area contributed by atoms with Crippen molar-refractivity contribution in [2.45, 2.75) is 20.0 Å². The van der Waals surface area contributed by atoms with E-state index in [2.05, 4.69) is 22.0 Å². The van der Waals surface area contributed by atoms with Gasteiger partial charge in [0.1, 0.15) is 17.4 Å². The molecular formula is C17H15BrO2. The molecule has 1 heterocycles. The lowest BCUT2D eigenvalue weighted by Crippen LogP contribution is -1.98. The Morgan fingerprint density at radius 3 is 2.60 bits per heavy atom. The average Bonchev–Trinajstić information content (AvgIpc) is 2.84. The molecule has 1 atom stereocenters. The van der Waals surface area contributed by atoms with Crippen molar-refractivity contribution < 1.29 is 9.52 Å². The van der Waals surface area contributed by atoms with Crippen LogP contribution in [0.25, 0.3) is 11.0 Å². The molecule has 0 aliphatic rings. The van der Waals surface area contributed by atoms with Crippen LogP contribution in [0.4, 0.5) is 0 Å². The van der Waals surface area contributed by atoms with E-state index in [1.165, 1.54) is 5.56 Å². The molecule has 2 aromatic carbocycles. The molecule has 2 nitrogen and oxygen atoms in total. The van der Waals surface area contributed by atoms with Gasteiger partial charge in [0.05, 0.1) is 0 Å². The molecule has 0 saturated heterocycles. The highest BCUT2D eigenvalue weighted by atomic mass is 79.9. The maximum atomic E-state index is 10.5. The Bertz CT molecular complexity index is 774. The highest BCUT2D eigenvalue weighted by Crippen LogP contribution is 2.30. The van der Waals surface area contributed by atoms with Crippen molar-refractivity contribution in [2.75, 3.05) is 0 Å². The maximum absolute atomic E-state index is 10.5. The molecule has 3 heteroatoms. The zero-order valence-electron chi connectivity index (χ0n) is 11.4. The fourth-order valence-electron chi connectivity index (χ4n) is 2.32. The first-order chi connectivity index (χ1) is 9.54. The number of halogens is 1. The molecule has 3 rings (SSSR count). The van der Waals surface area contributed by atoms with Gasteiger partial charge in [0.15, 0.2) is 0 Å². The van der Waals surface area contributed by atoms with E-state index in [4.69, 9.17) is 4.42 Å². The molecule has 0 fully saturated rings. The van der Waals surface area contributed by atoms with Crippen molar-refractivity contribution in [1.29, 1.82) is 0 Å². The number of benzene rings is 2. The summed E-state index contributed by atoms with van der Waals surface area (Å²) in [4.78, 5) is 0. The zero-order chi connectivity index (χ0) is 14.3. The SMILES string of the molecule is Cc1ccc2oc(C(O)c3ccc(Br)c(C)c3)cc2c1. The molecule has 0 saturated carbocycles. The summed E-state index contributed by atoms with van der Waals surface area (Å²) in [5.74, 6) is 0.576. The van der Waals surface area contributed by atoms with E-state index >= 15 is 0 Å². The van der Waals surface area contributed by atoms with Gasteiger partial charge in [-0.2, -0.15) is 0 Å². The predicted octanol–water partition coefficient (Wildman–Crippen LogP) is 4.89. The first-order valence-corrected chi connectivity index (χ1v) is 7.28. The van der Waals surface area contributed by atoms with Gasteiger partial charge in [0, 0.05) is 9.86 Å². The van der Waals surface area contributed by atoms with Crippen molar-refractivity contribution in [2.24, 2.45) is 0 Å². The van der Waals surface area contributed by atoms with Gasteiger partial charge in [-0.15, -0.1) is 0 Å². The lowest BCUT2D eigenvalue weighted by atomic mass is 10.0. The standard InChI is InChI=1S/C17H15BrO2/c1-10-3-6-15-13(7-10)9-16(20-15)17(19)12-4-5-14(18)11(2)8-12/h3-9,17,19H,1-2H3. The van der Waals surface area contributed by atoms with Crippen LogP contribution in [-0.4, -0.2) is 5.11 Å². The Morgan fingerprint density at radius 1 is 1.05 bits per heavy atom. The van der Waals surface area contributed by atoms with Crippen LogP contribution < -0.4 is 0 Å². The third kappa shape index (κ3) is 2.39. The summed E-state index contributed by atoms with van der Waals surface area (Å²) in [5, 5.41) is 11.5. The van der Waals surface area contributed by atoms with Crippen LogP contribution in [-0.2, 0) is 0 Å². The van der Waals surface area contributed by atoms with E-state index in [1.54, 1.807) is 0 Å². The van der Waals surface area contributed by atoms with Crippen LogP contribution in [0.3, 0.4) is 0 Å². The molecule has 1 unspecified atom stereocenters. The molecule has 0 radical (unpaired) electrons. The van der Waals surface area contributed by atoms with Crippen molar-refractivity contribution in [3.8, 4) is 0 Å². The normalized spacial score (nSPS) is 12.8. The van der Waals surface area contributed by atoms with Gasteiger partial charge in [-0.1, -0.05) is 39.7 Å². The summed E-state index contributed by atoms with van der Waals surface area (Å²) in [7, 11) is 0. The van der Waals surface area contributed by atoms with E-state index in [9.17, 15) is 5.11 Å². The quantitative estimate of drug-likeness (QED) is 0.725. The Hall–Kier alpha value is -1.58. The zero-order valence-corrected chi connectivity index (χ0v) is 12.9. The summed E-state index contributed by atoms with van der Waals surface area (Å²) in [6.07, 6.45) is -0.741. The van der Waals surface area contributed by atoms with Crippen LogP contribution in [0, 0.1) is 13.8 Å². The Kier molecular flexibility index (Phi) is 3.40. The summed E-state index contributed by atoms with van der Waals surface area (Å²) < 4.78 is 6.78. The minimum atomic E-state index is -0.741. The van der Waals surface area contributed by atoms with Crippen LogP contribution in [0.5, 0.6) is 0 Å². The third-order valence-electron chi connectivity index (χ3n) is 3.46. The van der Waals surface area contributed by atoms with Crippen molar-refractivity contribution >= 4 is 26.9 Å². The monoisotopic (exact) mass is 330 g/mol. The van der Waals surface area contributed by atoms with E-state index in [1.807, 2.05) is 50.2 Å². The number of hydrogen-bond donors (Lipinski definition) is 1. The number of rotatable bonds is 2. The topological polar surface area (TPSA) is 33.4 Å². The van der Waals surface area contributed by atoms with Crippen LogP contribution in [0.1, 0.15) is 28.6 Å². The van der Waals surface area contributed by atoms with Crippen molar-refractivity contribution in [3.05, 3.63) is 69.4 Å². The maximum Gasteiger partial charge on any atom is 0.138 e. The van der Waals surface area contributed by atoms with Crippen LogP contribution in [0.15, 0.2) is 51.4 Å². The Labute approximate surface area is 126 Å². The molecule has 0 spiro atoms. The Balaban J connectivity index is 2.02. The average molecular weight is 331 g/mol. The number of fused-ring (bicyclic) bond motifs is 1. The molecule has 0 amide bonds. The highest BCUT2D eigenvalue weighted by molar-refractivity contribution is 9.10. The predicted molar refractivity (Wildman–Crippen MR) is 83.9 cm³/mol. The van der Waals surface area contributed by atoms with Crippen molar-refractivity contribution in [1.82, 2.24) is 0 Å². The molecule has 0 aliphatic heterocycles. The molecule has 1 N–H and O–H groups in total. The minimum Gasteiger partial charge on any atom is -0.458 e. The second-order valence-electron chi connectivity index (χ2n) is 5.10. The van der Waals surface area contributed by atoms with E-state index in [-0.39, 0.29) is 0 Å². The second kappa shape index (κ2) is 5.08. The molecule has 20 heavy (non-hydrogen) atoms. The Morgan fingerprint density at radius 2 is 1.85 bits per heavy atom. The molecule has 1 aromatic heterocycles. The first kappa shape index (κ1) is 13.4. The molecular weight excluding hydrogens is 316 g/mol. The van der Waals surface area contributed by atoms with Gasteiger partial charge >= 0.3 is 0 Å². The van der Waals surface area contributed by atoms with Gasteiger partial charge in [-0.25, -0.2) is 0 Å². The number of hydrogen-bond acceptors (Lipinski definition) is 2. The fraction of sp³-hybridized carbons (Fsp3) is 0.176. The molecule has 0 aliphatic carbocycles. The first-order valence-electron chi connectivity index (χ1n) is 6.49. The van der Waals surface area contributed by atoms with E-state index in [0.29, 0.717) is 5.76 Å². The summed E-state index contributed by atoms with van der Waals surface area (Å²) in [6.45, 7) is 4.04. The van der Waals surface area contributed by atoms with Gasteiger partial charge in [-0.05, 0) is 49.2 Å². The highest BCUT2D eigenvalue weighted by Gasteiger charge is 2.16. The van der Waals surface area contributed by atoms with E-state index < -0.39 is 6.10 Å². The molecule has 3 aromatic rings. The second-order valence-corrected chi connectivity index (χ2v) is 5.96. The van der Waals surface area contributed by atoms with Gasteiger partial charge in [-0.3, -0.25) is 0 Å². The number of furan rings is 1. The molecule has 0 bridgehead atoms. The third-order valence-corrected chi connectivity index (χ3v) is 4.35. The van der Waals surface area contributed by atoms with Crippen LogP contribution in [0.2, 0.25) is 0 Å². The molecule has 102 valence electrons. The number of aliphatic hydroxyl groups is 1. The fourth-order valence-corrected chi connectivity index (χ4v) is 2.57. The number of aliphatic hydroxyl groups excluding tert-OH is 1. The van der Waals surface area contributed by atoms with Gasteiger partial charge in [0.2, 0.25) is 0 Å². The largest absolute Gasteiger partial charge is 0.458 e. The minimum absolute atomic E-state index is 0.576. The van der Waals surface area contributed by atoms with Crippen molar-refractivity contribution in [3.63, 3.8) is 0 Å². The lowest BCUT2D eigenvalue weighted by molar-refractivity contribution is 0.192.